The van der Waals surface area contributed by atoms with Gasteiger partial charge in [-0.2, -0.15) is 0 Å². The third kappa shape index (κ3) is 4.37. The topological polar surface area (TPSA) is 29.1 Å². The highest BCUT2D eigenvalue weighted by molar-refractivity contribution is 9.09. The van der Waals surface area contributed by atoms with Gasteiger partial charge in [0.25, 0.3) is 5.91 Å². The molecule has 5 heteroatoms. The first-order chi connectivity index (χ1) is 9.06. The Kier molecular flexibility index (Phi) is 5.55. The van der Waals surface area contributed by atoms with Gasteiger partial charge in [-0.25, -0.2) is 0 Å². The Balaban J connectivity index is 2.07. The summed E-state index contributed by atoms with van der Waals surface area (Å²) in [6, 6.07) is 5.08. The molecule has 1 saturated carbocycles. The highest BCUT2D eigenvalue weighted by Crippen LogP contribution is 2.24. The minimum Gasteiger partial charge on any atom is -0.348 e. The molecule has 0 aliphatic heterocycles. The molecule has 0 radical (unpaired) electrons. The van der Waals surface area contributed by atoms with E-state index in [1.807, 2.05) is 0 Å². The zero-order chi connectivity index (χ0) is 13.8. The normalized spacial score (nSPS) is 23.7. The lowest BCUT2D eigenvalue weighted by molar-refractivity contribution is 0.0935. The molecule has 104 valence electrons. The van der Waals surface area contributed by atoms with Gasteiger partial charge in [-0.1, -0.05) is 58.4 Å². The molecule has 2 atom stereocenters. The van der Waals surface area contributed by atoms with Gasteiger partial charge in [0, 0.05) is 26.5 Å². The summed E-state index contributed by atoms with van der Waals surface area (Å²) >= 11 is 15.5. The summed E-state index contributed by atoms with van der Waals surface area (Å²) < 4.78 is 0. The quantitative estimate of drug-likeness (QED) is 0.591. The Morgan fingerprint density at radius 1 is 1.11 bits per heavy atom. The van der Waals surface area contributed by atoms with Crippen molar-refractivity contribution in [3.63, 3.8) is 0 Å². The van der Waals surface area contributed by atoms with Crippen LogP contribution in [0.1, 0.15) is 42.5 Å². The first kappa shape index (κ1) is 15.1. The molecule has 0 bridgehead atoms. The summed E-state index contributed by atoms with van der Waals surface area (Å²) in [4.78, 5) is 12.6. The molecule has 2 nitrogen and oxygen atoms in total. The number of rotatable bonds is 2. The summed E-state index contributed by atoms with van der Waals surface area (Å²) in [6.45, 7) is 0. The third-order valence-corrected chi connectivity index (χ3v) is 4.91. The smallest absolute Gasteiger partial charge is 0.251 e. The van der Waals surface area contributed by atoms with Gasteiger partial charge in [-0.3, -0.25) is 4.79 Å². The van der Waals surface area contributed by atoms with Crippen molar-refractivity contribution >= 4 is 45.0 Å². The molecule has 1 aromatic rings. The maximum absolute atomic E-state index is 12.2. The van der Waals surface area contributed by atoms with E-state index in [1.54, 1.807) is 18.2 Å². The SMILES string of the molecule is O=C(NC1CCCCCC1Br)c1cc(Cl)cc(Cl)c1. The second-order valence-electron chi connectivity index (χ2n) is 4.89. The number of nitrogens with one attached hydrogen (secondary N) is 1. The Morgan fingerprint density at radius 3 is 2.42 bits per heavy atom. The minimum atomic E-state index is -0.110. The van der Waals surface area contributed by atoms with Gasteiger partial charge < -0.3 is 5.32 Å². The van der Waals surface area contributed by atoms with Crippen molar-refractivity contribution in [1.29, 1.82) is 0 Å². The van der Waals surface area contributed by atoms with E-state index in [0.717, 1.165) is 19.3 Å². The molecule has 1 aromatic carbocycles. The average molecular weight is 365 g/mol. The lowest BCUT2D eigenvalue weighted by Crippen LogP contribution is -2.40. The van der Waals surface area contributed by atoms with Crippen molar-refractivity contribution in [2.45, 2.75) is 43.0 Å². The molecule has 1 aliphatic carbocycles. The van der Waals surface area contributed by atoms with Gasteiger partial charge in [0.2, 0.25) is 0 Å². The van der Waals surface area contributed by atoms with E-state index >= 15 is 0 Å². The number of hydrogen-bond acceptors (Lipinski definition) is 1. The van der Waals surface area contributed by atoms with Crippen LogP contribution in [0, 0.1) is 0 Å². The molecule has 0 heterocycles. The summed E-state index contributed by atoms with van der Waals surface area (Å²) in [5.41, 5.74) is 0.515. The zero-order valence-corrected chi connectivity index (χ0v) is 13.6. The van der Waals surface area contributed by atoms with E-state index in [0.29, 0.717) is 20.4 Å². The number of hydrogen-bond donors (Lipinski definition) is 1. The van der Waals surface area contributed by atoms with Crippen LogP contribution < -0.4 is 5.32 Å². The van der Waals surface area contributed by atoms with Crippen LogP contribution >= 0.6 is 39.1 Å². The Morgan fingerprint density at radius 2 is 1.74 bits per heavy atom. The first-order valence-corrected chi connectivity index (χ1v) is 8.14. The summed E-state index contributed by atoms with van der Waals surface area (Å²) in [7, 11) is 0. The van der Waals surface area contributed by atoms with Gasteiger partial charge in [0.1, 0.15) is 0 Å². The summed E-state index contributed by atoms with van der Waals surface area (Å²) in [5, 5.41) is 4.04. The molecule has 19 heavy (non-hydrogen) atoms. The van der Waals surface area contributed by atoms with E-state index < -0.39 is 0 Å². The van der Waals surface area contributed by atoms with Crippen LogP contribution in [-0.4, -0.2) is 16.8 Å². The Bertz CT molecular complexity index is 447. The maximum atomic E-state index is 12.2. The number of halogens is 3. The molecule has 0 saturated heterocycles. The predicted molar refractivity (Wildman–Crippen MR) is 83.5 cm³/mol. The third-order valence-electron chi connectivity index (χ3n) is 3.37. The number of carbonyl (C=O) groups is 1. The Hall–Kier alpha value is -0.250. The number of carbonyl (C=O) groups excluding carboxylic acids is 1. The van der Waals surface area contributed by atoms with Crippen molar-refractivity contribution in [3.05, 3.63) is 33.8 Å². The molecule has 1 N–H and O–H groups in total. The van der Waals surface area contributed by atoms with Gasteiger partial charge in [0.05, 0.1) is 0 Å². The Labute approximate surface area is 132 Å². The molecule has 2 rings (SSSR count). The van der Waals surface area contributed by atoms with Crippen LogP contribution in [0.4, 0.5) is 0 Å². The fraction of sp³-hybridized carbons (Fsp3) is 0.500. The minimum absolute atomic E-state index is 0.110. The number of benzene rings is 1. The molecule has 0 aromatic heterocycles. The van der Waals surface area contributed by atoms with Crippen LogP contribution in [0.25, 0.3) is 0 Å². The van der Waals surface area contributed by atoms with Crippen LogP contribution in [0.15, 0.2) is 18.2 Å². The summed E-state index contributed by atoms with van der Waals surface area (Å²) in [5.74, 6) is -0.110. The van der Waals surface area contributed by atoms with Gasteiger partial charge in [-0.15, -0.1) is 0 Å². The van der Waals surface area contributed by atoms with Crippen molar-refractivity contribution < 1.29 is 4.79 Å². The molecule has 1 amide bonds. The second-order valence-corrected chi connectivity index (χ2v) is 6.94. The van der Waals surface area contributed by atoms with Crippen LogP contribution in [-0.2, 0) is 0 Å². The van der Waals surface area contributed by atoms with Crippen molar-refractivity contribution in [3.8, 4) is 0 Å². The van der Waals surface area contributed by atoms with Crippen LogP contribution in [0.5, 0.6) is 0 Å². The lowest BCUT2D eigenvalue weighted by Gasteiger charge is -2.21. The number of alkyl halides is 1. The predicted octanol–water partition coefficient (Wildman–Crippen LogP) is 4.82. The monoisotopic (exact) mass is 363 g/mol. The lowest BCUT2D eigenvalue weighted by atomic mass is 10.1. The highest BCUT2D eigenvalue weighted by atomic mass is 79.9. The molecule has 1 aliphatic rings. The highest BCUT2D eigenvalue weighted by Gasteiger charge is 2.23. The average Bonchev–Trinajstić information content (AvgIpc) is 2.54. The molecule has 1 fully saturated rings. The standard InChI is InChI=1S/C14H16BrCl2NO/c15-12-4-2-1-3-5-13(12)18-14(19)9-6-10(16)8-11(17)7-9/h6-8,12-13H,1-5H2,(H,18,19). The van der Waals surface area contributed by atoms with Crippen LogP contribution in [0.3, 0.4) is 0 Å². The maximum Gasteiger partial charge on any atom is 0.251 e. The van der Waals surface area contributed by atoms with E-state index in [9.17, 15) is 4.79 Å². The number of amides is 1. The van der Waals surface area contributed by atoms with Crippen molar-refractivity contribution in [2.75, 3.05) is 0 Å². The largest absolute Gasteiger partial charge is 0.348 e. The molecule has 2 unspecified atom stereocenters. The molecular formula is C14H16BrCl2NO. The van der Waals surface area contributed by atoms with E-state index in [4.69, 9.17) is 23.2 Å². The van der Waals surface area contributed by atoms with E-state index in [-0.39, 0.29) is 11.9 Å². The molecule has 0 spiro atoms. The van der Waals surface area contributed by atoms with E-state index in [2.05, 4.69) is 21.2 Å². The van der Waals surface area contributed by atoms with Crippen LogP contribution in [0.2, 0.25) is 10.0 Å². The molecular weight excluding hydrogens is 349 g/mol. The fourth-order valence-electron chi connectivity index (χ4n) is 2.36. The zero-order valence-electron chi connectivity index (χ0n) is 10.5. The second kappa shape index (κ2) is 6.96. The van der Waals surface area contributed by atoms with Gasteiger partial charge in [0.15, 0.2) is 0 Å². The van der Waals surface area contributed by atoms with Crippen molar-refractivity contribution in [2.24, 2.45) is 0 Å². The van der Waals surface area contributed by atoms with Gasteiger partial charge >= 0.3 is 0 Å². The van der Waals surface area contributed by atoms with Crippen molar-refractivity contribution in [1.82, 2.24) is 5.32 Å². The van der Waals surface area contributed by atoms with E-state index in [1.165, 1.54) is 12.8 Å². The van der Waals surface area contributed by atoms with Gasteiger partial charge in [-0.05, 0) is 31.0 Å². The first-order valence-electron chi connectivity index (χ1n) is 6.47. The fourth-order valence-corrected chi connectivity index (χ4v) is 3.61. The summed E-state index contributed by atoms with van der Waals surface area (Å²) in [6.07, 6.45) is 5.71.